The fourth-order valence-corrected chi connectivity index (χ4v) is 1.21. The summed E-state index contributed by atoms with van der Waals surface area (Å²) in [6.45, 7) is 3.31. The third-order valence-corrected chi connectivity index (χ3v) is 1.75. The first-order valence-electron chi connectivity index (χ1n) is 4.03. The molecule has 0 unspecified atom stereocenters. The Morgan fingerprint density at radius 2 is 2.25 bits per heavy atom. The highest BCUT2D eigenvalue weighted by Crippen LogP contribution is 2.33. The summed E-state index contributed by atoms with van der Waals surface area (Å²) < 4.78 is 10.4. The summed E-state index contributed by atoms with van der Waals surface area (Å²) in [6.07, 6.45) is 0. The third kappa shape index (κ3) is 1.18. The van der Waals surface area contributed by atoms with Gasteiger partial charge < -0.3 is 14.8 Å². The van der Waals surface area contributed by atoms with E-state index >= 15 is 0 Å². The van der Waals surface area contributed by atoms with Crippen molar-refractivity contribution in [2.45, 2.75) is 6.92 Å². The number of fused-ring (bicyclic) bond motifs is 1. The van der Waals surface area contributed by atoms with Crippen LogP contribution in [0.25, 0.3) is 0 Å². The Labute approximate surface area is 72.8 Å². The number of ether oxygens (including phenoxy) is 2. The van der Waals surface area contributed by atoms with Crippen LogP contribution < -0.4 is 14.8 Å². The Bertz CT molecular complexity index is 291. The van der Waals surface area contributed by atoms with Gasteiger partial charge in [0.15, 0.2) is 11.5 Å². The fraction of sp³-hybridized carbons (Fsp3) is 0.333. The van der Waals surface area contributed by atoms with Crippen LogP contribution in [0.2, 0.25) is 0 Å². The largest absolute Gasteiger partial charge is 0.454 e. The summed E-state index contributed by atoms with van der Waals surface area (Å²) in [5, 5.41) is 3.20. The van der Waals surface area contributed by atoms with Crippen molar-refractivity contribution in [1.29, 1.82) is 0 Å². The molecule has 0 radical (unpaired) electrons. The molecule has 0 saturated carbocycles. The van der Waals surface area contributed by atoms with Gasteiger partial charge >= 0.3 is 0 Å². The average Bonchev–Trinajstić information content (AvgIpc) is 2.51. The van der Waals surface area contributed by atoms with Crippen molar-refractivity contribution in [3.8, 4) is 11.5 Å². The van der Waals surface area contributed by atoms with E-state index in [-0.39, 0.29) is 1.43 Å². The van der Waals surface area contributed by atoms with Gasteiger partial charge in [-0.15, -0.1) is 0 Å². The van der Waals surface area contributed by atoms with Gasteiger partial charge in [-0.25, -0.2) is 0 Å². The van der Waals surface area contributed by atoms with Crippen LogP contribution in [0.1, 0.15) is 8.35 Å². The molecule has 0 aromatic heterocycles. The lowest BCUT2D eigenvalue weighted by atomic mass is 10.3. The van der Waals surface area contributed by atoms with Gasteiger partial charge in [-0.2, -0.15) is 0 Å². The smallest absolute Gasteiger partial charge is 0.231 e. The molecule has 0 amide bonds. The predicted molar refractivity (Wildman–Crippen MR) is 48.8 cm³/mol. The molecule has 1 aliphatic rings. The van der Waals surface area contributed by atoms with Crippen molar-refractivity contribution >= 4 is 5.69 Å². The van der Waals surface area contributed by atoms with Crippen LogP contribution in [0.5, 0.6) is 11.5 Å². The molecule has 2 rings (SSSR count). The monoisotopic (exact) mass is 167 g/mol. The lowest BCUT2D eigenvalue weighted by Gasteiger charge is -2.03. The summed E-state index contributed by atoms with van der Waals surface area (Å²) in [4.78, 5) is 0. The van der Waals surface area contributed by atoms with Crippen molar-refractivity contribution in [2.24, 2.45) is 0 Å². The molecule has 1 aromatic carbocycles. The van der Waals surface area contributed by atoms with Crippen LogP contribution in [-0.2, 0) is 0 Å². The lowest BCUT2D eigenvalue weighted by Crippen LogP contribution is -1.95. The first-order chi connectivity index (χ1) is 5.90. The number of rotatable bonds is 2. The Kier molecular flexibility index (Phi) is 1.78. The maximum atomic E-state index is 5.22. The van der Waals surface area contributed by atoms with Crippen molar-refractivity contribution in [3.05, 3.63) is 18.2 Å². The van der Waals surface area contributed by atoms with Gasteiger partial charge in [0.1, 0.15) is 0 Å². The molecule has 1 N–H and O–H groups in total. The van der Waals surface area contributed by atoms with Crippen molar-refractivity contribution in [3.63, 3.8) is 0 Å². The highest BCUT2D eigenvalue weighted by atomic mass is 16.7. The lowest BCUT2D eigenvalue weighted by molar-refractivity contribution is 0.174. The maximum Gasteiger partial charge on any atom is 0.231 e. The topological polar surface area (TPSA) is 30.5 Å². The Morgan fingerprint density at radius 1 is 1.42 bits per heavy atom. The van der Waals surface area contributed by atoms with Gasteiger partial charge in [0.25, 0.3) is 0 Å². The molecule has 0 atom stereocenters. The SMILES string of the molecule is CCNc1ccc2c(c1)OCO2.[HH]. The first-order valence-corrected chi connectivity index (χ1v) is 4.03. The molecule has 3 heteroatoms. The fourth-order valence-electron chi connectivity index (χ4n) is 1.21. The zero-order chi connectivity index (χ0) is 8.39. The van der Waals surface area contributed by atoms with E-state index in [0.717, 1.165) is 23.7 Å². The van der Waals surface area contributed by atoms with Gasteiger partial charge in [-0.1, -0.05) is 0 Å². The Hall–Kier alpha value is -1.38. The molecular formula is C9H13NO2. The quantitative estimate of drug-likeness (QED) is 0.731. The average molecular weight is 167 g/mol. The molecule has 0 aliphatic carbocycles. The molecule has 1 aromatic rings. The van der Waals surface area contributed by atoms with Crippen LogP contribution in [0.4, 0.5) is 5.69 Å². The molecule has 3 nitrogen and oxygen atoms in total. The first kappa shape index (κ1) is 7.28. The molecule has 12 heavy (non-hydrogen) atoms. The standard InChI is InChI=1S/C9H11NO2.H2/c1-2-10-7-3-4-8-9(5-7)12-6-11-8;/h3-5,10H,2,6H2,1H3;1H. The minimum atomic E-state index is 0. The maximum absolute atomic E-state index is 5.22. The van der Waals surface area contributed by atoms with Crippen LogP contribution in [0.15, 0.2) is 18.2 Å². The normalized spacial score (nSPS) is 13.1. The molecule has 0 spiro atoms. The van der Waals surface area contributed by atoms with E-state index in [4.69, 9.17) is 9.47 Å². The van der Waals surface area contributed by atoms with Crippen LogP contribution in [0.3, 0.4) is 0 Å². The minimum absolute atomic E-state index is 0. The van der Waals surface area contributed by atoms with E-state index in [9.17, 15) is 0 Å². The zero-order valence-electron chi connectivity index (χ0n) is 6.96. The second-order valence-corrected chi connectivity index (χ2v) is 2.60. The van der Waals surface area contributed by atoms with Gasteiger partial charge in [-0.05, 0) is 19.1 Å². The van der Waals surface area contributed by atoms with Gasteiger partial charge in [-0.3, -0.25) is 0 Å². The van der Waals surface area contributed by atoms with Gasteiger partial charge in [0, 0.05) is 19.7 Å². The van der Waals surface area contributed by atoms with E-state index in [1.54, 1.807) is 0 Å². The van der Waals surface area contributed by atoms with Crippen molar-refractivity contribution in [2.75, 3.05) is 18.7 Å². The number of hydrogen-bond acceptors (Lipinski definition) is 3. The number of hydrogen-bond donors (Lipinski definition) is 1. The van der Waals surface area contributed by atoms with Crippen LogP contribution >= 0.6 is 0 Å². The van der Waals surface area contributed by atoms with E-state index in [0.29, 0.717) is 6.79 Å². The summed E-state index contributed by atoms with van der Waals surface area (Å²) in [5.41, 5.74) is 1.07. The Balaban J connectivity index is 0.000000845. The summed E-state index contributed by atoms with van der Waals surface area (Å²) >= 11 is 0. The molecule has 0 fully saturated rings. The number of anilines is 1. The molecule has 1 heterocycles. The third-order valence-electron chi connectivity index (χ3n) is 1.75. The summed E-state index contributed by atoms with van der Waals surface area (Å²) in [6, 6.07) is 5.85. The molecule has 0 bridgehead atoms. The van der Waals surface area contributed by atoms with E-state index in [1.165, 1.54) is 0 Å². The highest BCUT2D eigenvalue weighted by molar-refractivity contribution is 5.55. The van der Waals surface area contributed by atoms with Gasteiger partial charge in [0.2, 0.25) is 6.79 Å². The second kappa shape index (κ2) is 2.93. The minimum Gasteiger partial charge on any atom is -0.454 e. The zero-order valence-corrected chi connectivity index (χ0v) is 6.96. The van der Waals surface area contributed by atoms with Gasteiger partial charge in [0.05, 0.1) is 0 Å². The predicted octanol–water partition coefficient (Wildman–Crippen LogP) is 2.09. The molecular weight excluding hydrogens is 154 g/mol. The highest BCUT2D eigenvalue weighted by Gasteiger charge is 2.12. The second-order valence-electron chi connectivity index (χ2n) is 2.60. The van der Waals surface area contributed by atoms with Crippen LogP contribution in [0, 0.1) is 0 Å². The van der Waals surface area contributed by atoms with Crippen LogP contribution in [-0.4, -0.2) is 13.3 Å². The van der Waals surface area contributed by atoms with Crippen molar-refractivity contribution in [1.82, 2.24) is 0 Å². The summed E-state index contributed by atoms with van der Waals surface area (Å²) in [5.74, 6) is 1.66. The number of benzene rings is 1. The van der Waals surface area contributed by atoms with E-state index in [2.05, 4.69) is 12.2 Å². The van der Waals surface area contributed by atoms with E-state index in [1.807, 2.05) is 18.2 Å². The molecule has 66 valence electrons. The molecule has 1 aliphatic heterocycles. The number of nitrogens with one attached hydrogen (secondary N) is 1. The Morgan fingerprint density at radius 3 is 3.08 bits per heavy atom. The van der Waals surface area contributed by atoms with E-state index < -0.39 is 0 Å². The van der Waals surface area contributed by atoms with Crippen molar-refractivity contribution < 1.29 is 10.9 Å². The summed E-state index contributed by atoms with van der Waals surface area (Å²) in [7, 11) is 0. The molecule has 0 saturated heterocycles.